The van der Waals surface area contributed by atoms with Crippen molar-refractivity contribution in [2.45, 2.75) is 62.4 Å². The van der Waals surface area contributed by atoms with Gasteiger partial charge in [-0.05, 0) is 78.0 Å². The average molecular weight is 546 g/mol. The molecule has 202 valence electrons. The quantitative estimate of drug-likeness (QED) is 0.241. The Balaban J connectivity index is 1.20. The van der Waals surface area contributed by atoms with E-state index in [1.165, 1.54) is 52.6 Å². The van der Waals surface area contributed by atoms with Crippen LogP contribution in [0.1, 0.15) is 76.0 Å². The van der Waals surface area contributed by atoms with Crippen LogP contribution in [-0.4, -0.2) is 23.9 Å². The fourth-order valence-corrected chi connectivity index (χ4v) is 9.48. The van der Waals surface area contributed by atoms with Crippen molar-refractivity contribution in [1.82, 2.24) is 4.67 Å². The lowest BCUT2D eigenvalue weighted by Gasteiger charge is -2.35. The van der Waals surface area contributed by atoms with Crippen LogP contribution in [0.4, 0.5) is 0 Å². The maximum absolute atomic E-state index is 7.17. The van der Waals surface area contributed by atoms with Crippen LogP contribution in [-0.2, 0) is 23.8 Å². The summed E-state index contributed by atoms with van der Waals surface area (Å²) >= 11 is 0. The number of aryl methyl sites for hydroxylation is 2. The summed E-state index contributed by atoms with van der Waals surface area (Å²) < 4.78 is 16.8. The van der Waals surface area contributed by atoms with Gasteiger partial charge in [0.25, 0.3) is 0 Å². The summed E-state index contributed by atoms with van der Waals surface area (Å²) in [6.07, 6.45) is 7.15. The van der Waals surface area contributed by atoms with Crippen molar-refractivity contribution in [2.24, 2.45) is 0 Å². The molecule has 2 unspecified atom stereocenters. The van der Waals surface area contributed by atoms with Gasteiger partial charge in [0, 0.05) is 36.4 Å². The third kappa shape index (κ3) is 4.31. The van der Waals surface area contributed by atoms with Crippen LogP contribution in [0.15, 0.2) is 97.1 Å². The fourth-order valence-electron chi connectivity index (χ4n) is 7.78. The van der Waals surface area contributed by atoms with E-state index in [9.17, 15) is 0 Å². The van der Waals surface area contributed by atoms with E-state index in [0.29, 0.717) is 11.8 Å². The second-order valence-corrected chi connectivity index (χ2v) is 13.4. The first kappa shape index (κ1) is 24.8. The van der Waals surface area contributed by atoms with Crippen molar-refractivity contribution >= 4 is 8.53 Å². The number of benzene rings is 4. The molecule has 1 saturated heterocycles. The Morgan fingerprint density at radius 1 is 0.650 bits per heavy atom. The summed E-state index contributed by atoms with van der Waals surface area (Å²) in [6, 6.07) is 35.8. The molecule has 0 spiro atoms. The van der Waals surface area contributed by atoms with Crippen LogP contribution in [0.2, 0.25) is 0 Å². The SMILES string of the molecule is c1ccc([C@@H]2CN(P3Oc4ccc5c(c4[C@@H]4c6ccccc6CCC4O3)CCCC5)C[C@H]2c2ccccc2)cc1. The Morgan fingerprint density at radius 3 is 2.08 bits per heavy atom. The standard InChI is InChI=1S/C36H36NO2P/c1-3-11-25(12-4-1)31-23-37(24-32(31)26-13-5-2-6-14-26)40-38-33-21-19-27-15-7-9-17-29(27)35(33)36-30-18-10-8-16-28(30)20-22-34(36)39-40/h1-7,9,11-15,17,20,22,31-33,35H,8,10,16,18-19,21,23-24H2/t31-,32-,33?,35+,40?/m0/s1. The second kappa shape index (κ2) is 10.5. The molecule has 4 aliphatic rings. The first-order valence-corrected chi connectivity index (χ1v) is 16.2. The van der Waals surface area contributed by atoms with Crippen molar-refractivity contribution < 1.29 is 9.05 Å². The molecule has 0 N–H and O–H groups in total. The van der Waals surface area contributed by atoms with E-state index in [0.717, 1.165) is 38.1 Å². The molecule has 2 heterocycles. The van der Waals surface area contributed by atoms with Gasteiger partial charge in [-0.2, -0.15) is 0 Å². The normalized spacial score (nSPS) is 27.4. The number of hydrogen-bond acceptors (Lipinski definition) is 3. The molecule has 4 aromatic rings. The van der Waals surface area contributed by atoms with Gasteiger partial charge in [0.15, 0.2) is 0 Å². The molecule has 5 atom stereocenters. The van der Waals surface area contributed by atoms with Gasteiger partial charge in [0.1, 0.15) is 5.75 Å². The lowest BCUT2D eigenvalue weighted by atomic mass is 9.73. The molecule has 0 saturated carbocycles. The van der Waals surface area contributed by atoms with Gasteiger partial charge >= 0.3 is 8.53 Å². The van der Waals surface area contributed by atoms with E-state index in [1.54, 1.807) is 5.56 Å². The summed E-state index contributed by atoms with van der Waals surface area (Å²) in [5.74, 6) is 2.13. The number of nitrogens with zero attached hydrogens (tertiary/aromatic N) is 1. The zero-order chi connectivity index (χ0) is 26.5. The fraction of sp³-hybridized carbons (Fsp3) is 0.333. The minimum absolute atomic E-state index is 0.140. The average Bonchev–Trinajstić information content (AvgIpc) is 3.39. The van der Waals surface area contributed by atoms with Gasteiger partial charge in [-0.3, -0.25) is 0 Å². The second-order valence-electron chi connectivity index (χ2n) is 11.9. The highest BCUT2D eigenvalue weighted by Gasteiger charge is 2.46. The topological polar surface area (TPSA) is 21.7 Å². The molecule has 4 aromatic carbocycles. The lowest BCUT2D eigenvalue weighted by molar-refractivity contribution is 0.160. The molecule has 2 aliphatic heterocycles. The molecule has 8 rings (SSSR count). The highest BCUT2D eigenvalue weighted by molar-refractivity contribution is 7.45. The maximum Gasteiger partial charge on any atom is 0.321 e. The molecule has 1 fully saturated rings. The van der Waals surface area contributed by atoms with Crippen molar-refractivity contribution in [3.63, 3.8) is 0 Å². The Hall–Kier alpha value is -2.97. The van der Waals surface area contributed by atoms with Crippen LogP contribution < -0.4 is 4.52 Å². The molecular weight excluding hydrogens is 509 g/mol. The van der Waals surface area contributed by atoms with E-state index < -0.39 is 8.53 Å². The third-order valence-electron chi connectivity index (χ3n) is 9.70. The van der Waals surface area contributed by atoms with Gasteiger partial charge in [0.2, 0.25) is 0 Å². The lowest BCUT2D eigenvalue weighted by Crippen LogP contribution is -2.29. The van der Waals surface area contributed by atoms with Gasteiger partial charge in [-0.25, -0.2) is 4.67 Å². The first-order valence-electron chi connectivity index (χ1n) is 15.1. The predicted octanol–water partition coefficient (Wildman–Crippen LogP) is 8.53. The first-order chi connectivity index (χ1) is 19.8. The van der Waals surface area contributed by atoms with Crippen LogP contribution in [0.3, 0.4) is 0 Å². The zero-order valence-electron chi connectivity index (χ0n) is 22.9. The van der Waals surface area contributed by atoms with Gasteiger partial charge in [-0.15, -0.1) is 0 Å². The Labute approximate surface area is 239 Å². The third-order valence-corrected chi connectivity index (χ3v) is 11.3. The maximum atomic E-state index is 7.17. The van der Waals surface area contributed by atoms with E-state index in [-0.39, 0.29) is 12.0 Å². The van der Waals surface area contributed by atoms with Gasteiger partial charge < -0.3 is 9.05 Å². The molecule has 2 aliphatic carbocycles. The summed E-state index contributed by atoms with van der Waals surface area (Å²) in [5.41, 5.74) is 10.2. The summed E-state index contributed by atoms with van der Waals surface area (Å²) in [6.45, 7) is 1.90. The molecule has 3 nitrogen and oxygen atoms in total. The number of rotatable bonds is 3. The highest BCUT2D eigenvalue weighted by Crippen LogP contribution is 2.59. The van der Waals surface area contributed by atoms with Crippen LogP contribution in [0, 0.1) is 0 Å². The van der Waals surface area contributed by atoms with Crippen LogP contribution >= 0.6 is 8.53 Å². The Kier molecular flexibility index (Phi) is 6.48. The molecule has 0 bridgehead atoms. The van der Waals surface area contributed by atoms with Crippen molar-refractivity contribution in [3.05, 3.63) is 136 Å². The molecule has 0 radical (unpaired) electrons. The van der Waals surface area contributed by atoms with E-state index in [4.69, 9.17) is 9.05 Å². The highest BCUT2D eigenvalue weighted by atomic mass is 31.2. The minimum Gasteiger partial charge on any atom is -0.435 e. The monoisotopic (exact) mass is 545 g/mol. The number of fused-ring (bicyclic) bond motifs is 7. The number of hydrogen-bond donors (Lipinski definition) is 0. The van der Waals surface area contributed by atoms with Gasteiger partial charge in [-0.1, -0.05) is 91.0 Å². The molecule has 0 amide bonds. The Morgan fingerprint density at radius 2 is 1.32 bits per heavy atom. The minimum atomic E-state index is -1.23. The van der Waals surface area contributed by atoms with Crippen LogP contribution in [0.25, 0.3) is 0 Å². The van der Waals surface area contributed by atoms with Gasteiger partial charge in [0.05, 0.1) is 6.10 Å². The van der Waals surface area contributed by atoms with E-state index >= 15 is 0 Å². The summed E-state index contributed by atoms with van der Waals surface area (Å²) in [4.78, 5) is 0. The van der Waals surface area contributed by atoms with E-state index in [1.807, 2.05) is 0 Å². The molecular formula is C36H36NO2P. The van der Waals surface area contributed by atoms with Crippen molar-refractivity contribution in [3.8, 4) is 5.75 Å². The molecule has 4 heteroatoms. The largest absolute Gasteiger partial charge is 0.435 e. The van der Waals surface area contributed by atoms with Crippen LogP contribution in [0.5, 0.6) is 5.75 Å². The van der Waals surface area contributed by atoms with E-state index in [2.05, 4.69) is 102 Å². The van der Waals surface area contributed by atoms with Crippen molar-refractivity contribution in [1.29, 1.82) is 0 Å². The molecule has 0 aromatic heterocycles. The Bertz CT molecular complexity index is 1460. The summed E-state index contributed by atoms with van der Waals surface area (Å²) in [7, 11) is -1.23. The summed E-state index contributed by atoms with van der Waals surface area (Å²) in [5, 5.41) is 0. The smallest absolute Gasteiger partial charge is 0.321 e. The molecule has 40 heavy (non-hydrogen) atoms. The predicted molar refractivity (Wildman–Crippen MR) is 162 cm³/mol. The van der Waals surface area contributed by atoms with Crippen molar-refractivity contribution in [2.75, 3.05) is 13.1 Å². The zero-order valence-corrected chi connectivity index (χ0v) is 23.8.